The van der Waals surface area contributed by atoms with E-state index < -0.39 is 10.1 Å². The van der Waals surface area contributed by atoms with E-state index >= 15 is 0 Å². The van der Waals surface area contributed by atoms with Crippen molar-refractivity contribution in [2.24, 2.45) is 0 Å². The van der Waals surface area contributed by atoms with Crippen molar-refractivity contribution in [3.63, 3.8) is 0 Å². The number of benzene rings is 1. The van der Waals surface area contributed by atoms with Crippen LogP contribution in [0.2, 0.25) is 0 Å². The Morgan fingerprint density at radius 1 is 1.38 bits per heavy atom. The molecule has 1 aliphatic rings. The number of nitrogens with zero attached hydrogens (tertiary/aromatic N) is 1. The van der Waals surface area contributed by atoms with E-state index in [0.29, 0.717) is 21.3 Å². The predicted octanol–water partition coefficient (Wildman–Crippen LogP) is 2.42. The fraction of sp³-hybridized carbons (Fsp3) is 0.200. The molecule has 2 rings (SSSR count). The van der Waals surface area contributed by atoms with E-state index in [9.17, 15) is 13.2 Å². The van der Waals surface area contributed by atoms with Crippen molar-refractivity contribution in [1.82, 2.24) is 4.90 Å². The zero-order valence-electron chi connectivity index (χ0n) is 13.0. The third kappa shape index (κ3) is 4.37. The van der Waals surface area contributed by atoms with Crippen molar-refractivity contribution < 1.29 is 22.1 Å². The molecule has 1 amide bonds. The highest BCUT2D eigenvalue weighted by molar-refractivity contribution is 8.26. The summed E-state index contributed by atoms with van der Waals surface area (Å²) in [6.45, 7) is 3.96. The number of methoxy groups -OCH3 is 1. The van der Waals surface area contributed by atoms with Crippen molar-refractivity contribution in [2.45, 2.75) is 0 Å². The van der Waals surface area contributed by atoms with Crippen molar-refractivity contribution in [2.75, 3.05) is 19.9 Å². The first-order chi connectivity index (χ1) is 11.2. The van der Waals surface area contributed by atoms with Crippen LogP contribution in [-0.2, 0) is 14.9 Å². The monoisotopic (exact) mass is 385 g/mol. The van der Waals surface area contributed by atoms with Crippen LogP contribution in [-0.4, -0.2) is 43.5 Å². The molecule has 1 fully saturated rings. The molecule has 0 atom stereocenters. The van der Waals surface area contributed by atoms with E-state index in [1.165, 1.54) is 29.8 Å². The van der Waals surface area contributed by atoms with E-state index in [4.69, 9.17) is 21.1 Å². The Bertz CT molecular complexity index is 830. The molecule has 0 aromatic heterocycles. The quantitative estimate of drug-likeness (QED) is 0.322. The minimum atomic E-state index is -3.66. The van der Waals surface area contributed by atoms with Gasteiger partial charge in [0.2, 0.25) is 0 Å². The maximum atomic E-state index is 12.3. The SMILES string of the molecule is C=CCN1C(=O)C(=Cc2ccc(OS(C)(=O)=O)c(OC)c2)SC1=S. The summed E-state index contributed by atoms with van der Waals surface area (Å²) in [7, 11) is -2.26. The summed E-state index contributed by atoms with van der Waals surface area (Å²) in [5, 5.41) is 0. The summed E-state index contributed by atoms with van der Waals surface area (Å²) < 4.78 is 32.9. The van der Waals surface area contributed by atoms with Crippen LogP contribution in [0, 0.1) is 0 Å². The number of amides is 1. The van der Waals surface area contributed by atoms with Crippen LogP contribution < -0.4 is 8.92 Å². The molecule has 0 bridgehead atoms. The Balaban J connectivity index is 2.32. The second-order valence-corrected chi connectivity index (χ2v) is 8.03. The molecule has 128 valence electrons. The van der Waals surface area contributed by atoms with Gasteiger partial charge in [0, 0.05) is 6.54 Å². The molecule has 1 aromatic rings. The number of rotatable bonds is 6. The van der Waals surface area contributed by atoms with E-state index in [2.05, 4.69) is 6.58 Å². The number of thioether (sulfide) groups is 1. The largest absolute Gasteiger partial charge is 0.493 e. The van der Waals surface area contributed by atoms with Crippen LogP contribution in [0.5, 0.6) is 11.5 Å². The molecule has 0 radical (unpaired) electrons. The number of ether oxygens (including phenoxy) is 1. The minimum absolute atomic E-state index is 0.0800. The van der Waals surface area contributed by atoms with Gasteiger partial charge in [-0.05, 0) is 23.8 Å². The molecule has 0 spiro atoms. The van der Waals surface area contributed by atoms with Crippen molar-refractivity contribution in [1.29, 1.82) is 0 Å². The molecule has 0 N–H and O–H groups in total. The Labute approximate surface area is 150 Å². The van der Waals surface area contributed by atoms with Crippen LogP contribution in [0.1, 0.15) is 5.56 Å². The van der Waals surface area contributed by atoms with Gasteiger partial charge in [-0.1, -0.05) is 36.1 Å². The molecule has 9 heteroatoms. The van der Waals surface area contributed by atoms with Gasteiger partial charge in [-0.15, -0.1) is 6.58 Å². The third-order valence-corrected chi connectivity index (χ3v) is 4.77. The summed E-state index contributed by atoms with van der Waals surface area (Å²) in [6, 6.07) is 4.68. The molecule has 6 nitrogen and oxygen atoms in total. The third-order valence-electron chi connectivity index (χ3n) is 2.91. The summed E-state index contributed by atoms with van der Waals surface area (Å²) >= 11 is 6.37. The first kappa shape index (κ1) is 18.5. The summed E-state index contributed by atoms with van der Waals surface area (Å²) in [5.74, 6) is 0.132. The summed E-state index contributed by atoms with van der Waals surface area (Å²) in [5.41, 5.74) is 0.659. The smallest absolute Gasteiger partial charge is 0.306 e. The molecule has 1 aliphatic heterocycles. The highest BCUT2D eigenvalue weighted by Crippen LogP contribution is 2.34. The van der Waals surface area contributed by atoms with E-state index in [-0.39, 0.29) is 17.4 Å². The highest BCUT2D eigenvalue weighted by Gasteiger charge is 2.31. The Morgan fingerprint density at radius 2 is 2.08 bits per heavy atom. The second-order valence-electron chi connectivity index (χ2n) is 4.78. The maximum Gasteiger partial charge on any atom is 0.306 e. The zero-order valence-corrected chi connectivity index (χ0v) is 15.5. The fourth-order valence-corrected chi connectivity index (χ4v) is 3.68. The first-order valence-electron chi connectivity index (χ1n) is 6.69. The average Bonchev–Trinajstić information content (AvgIpc) is 2.75. The van der Waals surface area contributed by atoms with Crippen molar-refractivity contribution in [3.8, 4) is 11.5 Å². The lowest BCUT2D eigenvalue weighted by molar-refractivity contribution is -0.121. The predicted molar refractivity (Wildman–Crippen MR) is 98.5 cm³/mol. The van der Waals surface area contributed by atoms with E-state index in [1.807, 2.05) is 0 Å². The number of hydrogen-bond donors (Lipinski definition) is 0. The molecule has 0 aliphatic carbocycles. The Hall–Kier alpha value is -1.84. The van der Waals surface area contributed by atoms with Crippen LogP contribution in [0.25, 0.3) is 6.08 Å². The van der Waals surface area contributed by atoms with Gasteiger partial charge in [-0.2, -0.15) is 8.42 Å². The topological polar surface area (TPSA) is 72.9 Å². The number of carbonyl (C=O) groups excluding carboxylic acids is 1. The molecule has 24 heavy (non-hydrogen) atoms. The van der Waals surface area contributed by atoms with Gasteiger partial charge >= 0.3 is 10.1 Å². The molecular weight excluding hydrogens is 370 g/mol. The van der Waals surface area contributed by atoms with E-state index in [1.54, 1.807) is 24.3 Å². The number of carbonyl (C=O) groups is 1. The molecule has 0 unspecified atom stereocenters. The highest BCUT2D eigenvalue weighted by atomic mass is 32.2. The van der Waals surface area contributed by atoms with Gasteiger partial charge in [0.25, 0.3) is 5.91 Å². The van der Waals surface area contributed by atoms with Gasteiger partial charge in [0.1, 0.15) is 4.32 Å². The van der Waals surface area contributed by atoms with Gasteiger partial charge in [0.15, 0.2) is 11.5 Å². The number of thiocarbonyl (C=S) groups is 1. The van der Waals surface area contributed by atoms with Crippen LogP contribution in [0.4, 0.5) is 0 Å². The normalized spacial score (nSPS) is 16.6. The van der Waals surface area contributed by atoms with Crippen LogP contribution in [0.15, 0.2) is 35.8 Å². The van der Waals surface area contributed by atoms with E-state index in [0.717, 1.165) is 6.26 Å². The summed E-state index contributed by atoms with van der Waals surface area (Å²) in [4.78, 5) is 14.2. The first-order valence-corrected chi connectivity index (χ1v) is 9.73. The minimum Gasteiger partial charge on any atom is -0.493 e. The Morgan fingerprint density at radius 3 is 2.67 bits per heavy atom. The summed E-state index contributed by atoms with van der Waals surface area (Å²) in [6.07, 6.45) is 4.22. The lowest BCUT2D eigenvalue weighted by Crippen LogP contribution is -2.27. The van der Waals surface area contributed by atoms with Gasteiger partial charge in [0.05, 0.1) is 18.3 Å². The van der Waals surface area contributed by atoms with Gasteiger partial charge in [-0.25, -0.2) is 0 Å². The standard InChI is InChI=1S/C15H15NO5S3/c1-4-7-16-14(17)13(23-15(16)22)9-10-5-6-11(12(8-10)20-2)21-24(3,18)19/h4-6,8-9H,1,7H2,2-3H3. The average molecular weight is 385 g/mol. The second kappa shape index (κ2) is 7.37. The lowest BCUT2D eigenvalue weighted by Gasteiger charge is -2.10. The molecule has 1 aromatic carbocycles. The lowest BCUT2D eigenvalue weighted by atomic mass is 10.2. The van der Waals surface area contributed by atoms with Crippen LogP contribution >= 0.6 is 24.0 Å². The van der Waals surface area contributed by atoms with Crippen molar-refractivity contribution in [3.05, 3.63) is 41.3 Å². The molecular formula is C15H15NO5S3. The maximum absolute atomic E-state index is 12.3. The number of hydrogen-bond acceptors (Lipinski definition) is 7. The van der Waals surface area contributed by atoms with Crippen molar-refractivity contribution >= 4 is 50.4 Å². The van der Waals surface area contributed by atoms with Gasteiger partial charge < -0.3 is 8.92 Å². The Kier molecular flexibility index (Phi) is 5.68. The molecule has 1 heterocycles. The molecule has 1 saturated heterocycles. The zero-order chi connectivity index (χ0) is 17.9. The van der Waals surface area contributed by atoms with Crippen LogP contribution in [0.3, 0.4) is 0 Å². The fourth-order valence-electron chi connectivity index (χ4n) is 1.94. The van der Waals surface area contributed by atoms with Gasteiger partial charge in [-0.3, -0.25) is 9.69 Å². The molecule has 0 saturated carbocycles.